The third-order valence-corrected chi connectivity index (χ3v) is 4.25. The molecule has 1 saturated carbocycles. The van der Waals surface area contributed by atoms with Crippen LogP contribution in [0.15, 0.2) is 12.3 Å². The van der Waals surface area contributed by atoms with E-state index < -0.39 is 0 Å². The Kier molecular flexibility index (Phi) is 3.70. The molecule has 0 unspecified atom stereocenters. The average Bonchev–Trinajstić information content (AvgIpc) is 3.31. The first kappa shape index (κ1) is 13.5. The van der Waals surface area contributed by atoms with E-state index in [4.69, 9.17) is 5.73 Å². The fourth-order valence-electron chi connectivity index (χ4n) is 2.93. The van der Waals surface area contributed by atoms with Crippen molar-refractivity contribution >= 4 is 5.91 Å². The minimum Gasteiger partial charge on any atom is -0.333 e. The van der Waals surface area contributed by atoms with E-state index in [0.29, 0.717) is 11.6 Å². The summed E-state index contributed by atoms with van der Waals surface area (Å²) in [5, 5.41) is 0. The van der Waals surface area contributed by atoms with Gasteiger partial charge in [0.05, 0.1) is 0 Å². The Balaban J connectivity index is 1.81. The molecule has 0 bridgehead atoms. The van der Waals surface area contributed by atoms with Crippen LogP contribution in [0.1, 0.15) is 61.3 Å². The Morgan fingerprint density at radius 2 is 2.20 bits per heavy atom. The van der Waals surface area contributed by atoms with E-state index in [1.165, 1.54) is 0 Å². The van der Waals surface area contributed by atoms with Gasteiger partial charge in [-0.05, 0) is 45.1 Å². The van der Waals surface area contributed by atoms with Crippen molar-refractivity contribution in [2.24, 2.45) is 5.73 Å². The van der Waals surface area contributed by atoms with E-state index in [-0.39, 0.29) is 18.0 Å². The van der Waals surface area contributed by atoms with Crippen molar-refractivity contribution in [1.29, 1.82) is 0 Å². The molecule has 1 aliphatic heterocycles. The summed E-state index contributed by atoms with van der Waals surface area (Å²) in [6.45, 7) is 2.76. The summed E-state index contributed by atoms with van der Waals surface area (Å²) in [6.07, 6.45) is 7.18. The first-order valence-corrected chi connectivity index (χ1v) is 7.56. The largest absolute Gasteiger partial charge is 0.333 e. The normalized spacial score (nSPS) is 24.5. The zero-order valence-electron chi connectivity index (χ0n) is 12.0. The molecule has 0 aromatic carbocycles. The van der Waals surface area contributed by atoms with Gasteiger partial charge in [0.1, 0.15) is 11.5 Å². The van der Waals surface area contributed by atoms with Crippen molar-refractivity contribution in [2.45, 2.75) is 57.0 Å². The Morgan fingerprint density at radius 1 is 1.40 bits per heavy atom. The van der Waals surface area contributed by atoms with Crippen LogP contribution in [0.5, 0.6) is 0 Å². The standard InChI is InChI=1S/C15H22N4O/c1-10(16)13-4-2-3-9-19(13)15(20)12-7-8-17-14(18-12)11-5-6-11/h7-8,10-11,13H,2-6,9,16H2,1H3/t10-,13+/m0/s1. The summed E-state index contributed by atoms with van der Waals surface area (Å²) < 4.78 is 0. The number of hydrogen-bond donors (Lipinski definition) is 1. The Morgan fingerprint density at radius 3 is 2.90 bits per heavy atom. The van der Waals surface area contributed by atoms with E-state index in [1.807, 2.05) is 11.8 Å². The molecular formula is C15H22N4O. The molecule has 2 aliphatic rings. The molecular weight excluding hydrogens is 252 g/mol. The summed E-state index contributed by atoms with van der Waals surface area (Å²) in [4.78, 5) is 23.3. The number of carbonyl (C=O) groups excluding carboxylic acids is 1. The topological polar surface area (TPSA) is 72.1 Å². The lowest BCUT2D eigenvalue weighted by Gasteiger charge is -2.37. The molecule has 5 nitrogen and oxygen atoms in total. The molecule has 1 aromatic heterocycles. The minimum absolute atomic E-state index is 0.00369. The van der Waals surface area contributed by atoms with Gasteiger partial charge in [-0.3, -0.25) is 4.79 Å². The first-order chi connectivity index (χ1) is 9.66. The number of likely N-dealkylation sites (tertiary alicyclic amines) is 1. The predicted molar refractivity (Wildman–Crippen MR) is 76.3 cm³/mol. The van der Waals surface area contributed by atoms with Gasteiger partial charge in [0.2, 0.25) is 0 Å². The van der Waals surface area contributed by atoms with Crippen molar-refractivity contribution < 1.29 is 4.79 Å². The van der Waals surface area contributed by atoms with Gasteiger partial charge >= 0.3 is 0 Å². The van der Waals surface area contributed by atoms with E-state index in [2.05, 4.69) is 9.97 Å². The van der Waals surface area contributed by atoms with Gasteiger partial charge in [0.15, 0.2) is 0 Å². The second-order valence-corrected chi connectivity index (χ2v) is 6.00. The molecule has 20 heavy (non-hydrogen) atoms. The number of carbonyl (C=O) groups is 1. The summed E-state index contributed by atoms with van der Waals surface area (Å²) in [7, 11) is 0. The Hall–Kier alpha value is -1.49. The lowest BCUT2D eigenvalue weighted by atomic mass is 9.96. The van der Waals surface area contributed by atoms with Crippen molar-refractivity contribution in [3.63, 3.8) is 0 Å². The maximum atomic E-state index is 12.7. The van der Waals surface area contributed by atoms with Gasteiger partial charge in [-0.2, -0.15) is 0 Å². The summed E-state index contributed by atoms with van der Waals surface area (Å²) in [6, 6.07) is 1.86. The van der Waals surface area contributed by atoms with Crippen LogP contribution >= 0.6 is 0 Å². The summed E-state index contributed by atoms with van der Waals surface area (Å²) >= 11 is 0. The number of aromatic nitrogens is 2. The van der Waals surface area contributed by atoms with Crippen LogP contribution < -0.4 is 5.73 Å². The van der Waals surface area contributed by atoms with Gasteiger partial charge in [-0.1, -0.05) is 0 Å². The van der Waals surface area contributed by atoms with Crippen molar-refractivity contribution in [2.75, 3.05) is 6.54 Å². The molecule has 3 rings (SSSR count). The Labute approximate surface area is 119 Å². The molecule has 2 N–H and O–H groups in total. The lowest BCUT2D eigenvalue weighted by molar-refractivity contribution is 0.0577. The van der Waals surface area contributed by atoms with Crippen LogP contribution in [-0.4, -0.2) is 39.4 Å². The summed E-state index contributed by atoms with van der Waals surface area (Å²) in [5.74, 6) is 1.30. The van der Waals surface area contributed by atoms with Crippen LogP contribution in [-0.2, 0) is 0 Å². The molecule has 1 saturated heterocycles. The predicted octanol–water partition coefficient (Wildman–Crippen LogP) is 1.70. The zero-order valence-corrected chi connectivity index (χ0v) is 12.0. The highest BCUT2D eigenvalue weighted by atomic mass is 16.2. The molecule has 2 fully saturated rings. The second kappa shape index (κ2) is 5.48. The molecule has 1 aromatic rings. The first-order valence-electron chi connectivity index (χ1n) is 7.56. The van der Waals surface area contributed by atoms with Gasteiger partial charge in [-0.15, -0.1) is 0 Å². The number of hydrogen-bond acceptors (Lipinski definition) is 4. The van der Waals surface area contributed by atoms with Crippen LogP contribution in [0.2, 0.25) is 0 Å². The van der Waals surface area contributed by atoms with E-state index >= 15 is 0 Å². The molecule has 108 valence electrons. The third kappa shape index (κ3) is 2.68. The van der Waals surface area contributed by atoms with E-state index in [9.17, 15) is 4.79 Å². The zero-order chi connectivity index (χ0) is 14.1. The van der Waals surface area contributed by atoms with Gasteiger partial charge in [0.25, 0.3) is 5.91 Å². The smallest absolute Gasteiger partial charge is 0.272 e. The van der Waals surface area contributed by atoms with Crippen molar-refractivity contribution in [3.05, 3.63) is 23.8 Å². The minimum atomic E-state index is 0.00369. The highest BCUT2D eigenvalue weighted by Gasteiger charge is 2.32. The second-order valence-electron chi connectivity index (χ2n) is 6.00. The average molecular weight is 274 g/mol. The molecule has 1 amide bonds. The van der Waals surface area contributed by atoms with Crippen LogP contribution in [0.25, 0.3) is 0 Å². The Bertz CT molecular complexity index is 498. The lowest BCUT2D eigenvalue weighted by Crippen LogP contribution is -2.51. The molecule has 0 radical (unpaired) electrons. The molecule has 1 aliphatic carbocycles. The van der Waals surface area contributed by atoms with Crippen LogP contribution in [0.3, 0.4) is 0 Å². The molecule has 2 heterocycles. The SMILES string of the molecule is C[C@H](N)[C@H]1CCCCN1C(=O)c1ccnc(C2CC2)n1. The summed E-state index contributed by atoms with van der Waals surface area (Å²) in [5.41, 5.74) is 6.56. The van der Waals surface area contributed by atoms with Crippen LogP contribution in [0, 0.1) is 0 Å². The highest BCUT2D eigenvalue weighted by Crippen LogP contribution is 2.37. The maximum Gasteiger partial charge on any atom is 0.272 e. The van der Waals surface area contributed by atoms with Gasteiger partial charge < -0.3 is 10.6 Å². The van der Waals surface area contributed by atoms with E-state index in [0.717, 1.165) is 44.5 Å². The third-order valence-electron chi connectivity index (χ3n) is 4.25. The fourth-order valence-corrected chi connectivity index (χ4v) is 2.93. The molecule has 5 heteroatoms. The van der Waals surface area contributed by atoms with Crippen LogP contribution in [0.4, 0.5) is 0 Å². The van der Waals surface area contributed by atoms with E-state index in [1.54, 1.807) is 12.3 Å². The number of rotatable bonds is 3. The highest BCUT2D eigenvalue weighted by molar-refractivity contribution is 5.92. The quantitative estimate of drug-likeness (QED) is 0.910. The fraction of sp³-hybridized carbons (Fsp3) is 0.667. The molecule has 0 spiro atoms. The van der Waals surface area contributed by atoms with Gasteiger partial charge in [0, 0.05) is 30.7 Å². The number of nitrogens with zero attached hydrogens (tertiary/aromatic N) is 3. The maximum absolute atomic E-state index is 12.7. The van der Waals surface area contributed by atoms with Crippen molar-refractivity contribution in [1.82, 2.24) is 14.9 Å². The van der Waals surface area contributed by atoms with Gasteiger partial charge in [-0.25, -0.2) is 9.97 Å². The van der Waals surface area contributed by atoms with Crippen molar-refractivity contribution in [3.8, 4) is 0 Å². The number of amides is 1. The number of piperidine rings is 1. The number of nitrogens with two attached hydrogens (primary N) is 1. The molecule has 2 atom stereocenters. The monoisotopic (exact) mass is 274 g/mol.